The van der Waals surface area contributed by atoms with E-state index in [1.165, 1.54) is 18.2 Å². The van der Waals surface area contributed by atoms with Gasteiger partial charge < -0.3 is 19.7 Å². The molecule has 0 aliphatic carbocycles. The topological polar surface area (TPSA) is 111 Å². The first-order chi connectivity index (χ1) is 15.0. The maximum absolute atomic E-state index is 12.6. The maximum Gasteiger partial charge on any atom is 0.270 e. The van der Waals surface area contributed by atoms with Gasteiger partial charge in [0.2, 0.25) is 18.6 Å². The highest BCUT2D eigenvalue weighted by Crippen LogP contribution is 2.34. The summed E-state index contributed by atoms with van der Waals surface area (Å²) in [6.45, 7) is 1.11. The number of nitrogens with zero attached hydrogens (tertiary/aromatic N) is 2. The lowest BCUT2D eigenvalue weighted by molar-refractivity contribution is -0.384. The predicted molar refractivity (Wildman–Crippen MR) is 113 cm³/mol. The molecular formula is C22H21N3O6. The summed E-state index contributed by atoms with van der Waals surface area (Å²) in [7, 11) is 0. The number of rotatable bonds is 5. The number of amides is 2. The average molecular weight is 423 g/mol. The number of non-ortho nitro benzene ring substituents is 1. The number of anilines is 1. The number of nitro benzene ring substituents is 1. The molecular weight excluding hydrogens is 402 g/mol. The number of fused-ring (bicyclic) bond motifs is 1. The van der Waals surface area contributed by atoms with Crippen molar-refractivity contribution >= 4 is 29.3 Å². The molecule has 0 radical (unpaired) electrons. The first-order valence-electron chi connectivity index (χ1n) is 9.91. The Morgan fingerprint density at radius 1 is 1.10 bits per heavy atom. The lowest BCUT2D eigenvalue weighted by atomic mass is 9.95. The van der Waals surface area contributed by atoms with Crippen LogP contribution >= 0.6 is 0 Å². The first-order valence-corrected chi connectivity index (χ1v) is 9.91. The monoisotopic (exact) mass is 423 g/mol. The molecule has 0 bridgehead atoms. The minimum atomic E-state index is -0.474. The Bertz CT molecular complexity index is 1040. The SMILES string of the molecule is O=C(Nc1ccc2c(c1)OCO2)C1CCN(C(=O)C=Cc2cccc([N+](=O)[O-])c2)CC1. The van der Waals surface area contributed by atoms with Crippen LogP contribution in [0.15, 0.2) is 48.5 Å². The molecule has 1 fully saturated rings. The highest BCUT2D eigenvalue weighted by Gasteiger charge is 2.27. The Kier molecular flexibility index (Phi) is 5.83. The highest BCUT2D eigenvalue weighted by atomic mass is 16.7. The number of likely N-dealkylation sites (tertiary alicyclic amines) is 1. The van der Waals surface area contributed by atoms with Crippen LogP contribution < -0.4 is 14.8 Å². The van der Waals surface area contributed by atoms with Gasteiger partial charge in [-0.15, -0.1) is 0 Å². The summed E-state index contributed by atoms with van der Waals surface area (Å²) in [5.41, 5.74) is 1.21. The molecule has 0 unspecified atom stereocenters. The van der Waals surface area contributed by atoms with Crippen molar-refractivity contribution in [1.82, 2.24) is 4.90 Å². The third kappa shape index (κ3) is 4.82. The van der Waals surface area contributed by atoms with Gasteiger partial charge in [0.15, 0.2) is 11.5 Å². The van der Waals surface area contributed by atoms with E-state index in [0.717, 1.165) is 0 Å². The van der Waals surface area contributed by atoms with Crippen molar-refractivity contribution in [3.05, 3.63) is 64.2 Å². The van der Waals surface area contributed by atoms with Gasteiger partial charge in [-0.25, -0.2) is 0 Å². The molecule has 0 atom stereocenters. The van der Waals surface area contributed by atoms with Crippen LogP contribution in [-0.2, 0) is 9.59 Å². The Morgan fingerprint density at radius 3 is 2.65 bits per heavy atom. The molecule has 160 valence electrons. The molecule has 9 nitrogen and oxygen atoms in total. The molecule has 2 amide bonds. The summed E-state index contributed by atoms with van der Waals surface area (Å²) in [5.74, 6) is 0.811. The Labute approximate surface area is 178 Å². The number of benzene rings is 2. The average Bonchev–Trinajstić information content (AvgIpc) is 3.25. The summed E-state index contributed by atoms with van der Waals surface area (Å²) >= 11 is 0. The number of nitrogens with one attached hydrogen (secondary N) is 1. The van der Waals surface area contributed by atoms with Gasteiger partial charge in [0.25, 0.3) is 5.69 Å². The predicted octanol–water partition coefficient (Wildman–Crippen LogP) is 3.21. The van der Waals surface area contributed by atoms with Crippen molar-refractivity contribution in [3.63, 3.8) is 0 Å². The van der Waals surface area contributed by atoms with Crippen molar-refractivity contribution in [3.8, 4) is 11.5 Å². The Hall–Kier alpha value is -3.88. The molecule has 2 heterocycles. The van der Waals surface area contributed by atoms with Crippen LogP contribution in [0.25, 0.3) is 6.08 Å². The third-order valence-corrected chi connectivity index (χ3v) is 5.32. The fraction of sp³-hybridized carbons (Fsp3) is 0.273. The second-order valence-corrected chi connectivity index (χ2v) is 7.34. The smallest absolute Gasteiger partial charge is 0.270 e. The summed E-state index contributed by atoms with van der Waals surface area (Å²) in [6.07, 6.45) is 4.10. The van der Waals surface area contributed by atoms with Crippen molar-refractivity contribution in [2.24, 2.45) is 5.92 Å². The van der Waals surface area contributed by atoms with Crippen LogP contribution in [0.5, 0.6) is 11.5 Å². The molecule has 1 saturated heterocycles. The lowest BCUT2D eigenvalue weighted by Crippen LogP contribution is -2.40. The van der Waals surface area contributed by atoms with E-state index in [-0.39, 0.29) is 30.2 Å². The number of carbonyl (C=O) groups excluding carboxylic acids is 2. The largest absolute Gasteiger partial charge is 0.454 e. The normalized spacial score (nSPS) is 15.8. The molecule has 2 aliphatic rings. The van der Waals surface area contributed by atoms with Crippen molar-refractivity contribution in [2.75, 3.05) is 25.2 Å². The van der Waals surface area contributed by atoms with Crippen LogP contribution in [-0.4, -0.2) is 41.5 Å². The van der Waals surface area contributed by atoms with Gasteiger partial charge >= 0.3 is 0 Å². The minimum Gasteiger partial charge on any atom is -0.454 e. The van der Waals surface area contributed by atoms with Crippen LogP contribution in [0, 0.1) is 16.0 Å². The first kappa shape index (κ1) is 20.4. The second kappa shape index (κ2) is 8.86. The number of ether oxygens (including phenoxy) is 2. The van der Waals surface area contributed by atoms with Crippen LogP contribution in [0.2, 0.25) is 0 Å². The van der Waals surface area contributed by atoms with E-state index in [4.69, 9.17) is 9.47 Å². The maximum atomic E-state index is 12.6. The molecule has 4 rings (SSSR count). The van der Waals surface area contributed by atoms with E-state index in [1.54, 1.807) is 41.3 Å². The molecule has 31 heavy (non-hydrogen) atoms. The van der Waals surface area contributed by atoms with E-state index in [2.05, 4.69) is 5.32 Å². The highest BCUT2D eigenvalue weighted by molar-refractivity contribution is 5.94. The fourth-order valence-corrected chi connectivity index (χ4v) is 3.60. The van der Waals surface area contributed by atoms with Crippen molar-refractivity contribution in [1.29, 1.82) is 0 Å². The third-order valence-electron chi connectivity index (χ3n) is 5.32. The van der Waals surface area contributed by atoms with Gasteiger partial charge in [0.05, 0.1) is 4.92 Å². The second-order valence-electron chi connectivity index (χ2n) is 7.34. The van der Waals surface area contributed by atoms with E-state index < -0.39 is 4.92 Å². The number of hydrogen-bond donors (Lipinski definition) is 1. The van der Waals surface area contributed by atoms with Crippen molar-refractivity contribution < 1.29 is 24.0 Å². The zero-order valence-electron chi connectivity index (χ0n) is 16.7. The molecule has 9 heteroatoms. The molecule has 2 aromatic rings. The number of piperidine rings is 1. The van der Waals surface area contributed by atoms with E-state index in [9.17, 15) is 19.7 Å². The molecule has 0 aromatic heterocycles. The van der Waals surface area contributed by atoms with E-state index in [1.807, 2.05) is 0 Å². The number of hydrogen-bond acceptors (Lipinski definition) is 6. The minimum absolute atomic E-state index is 0.0242. The summed E-state index contributed by atoms with van der Waals surface area (Å²) in [5, 5.41) is 13.8. The summed E-state index contributed by atoms with van der Waals surface area (Å²) in [6, 6.07) is 11.3. The number of carbonyl (C=O) groups is 2. The fourth-order valence-electron chi connectivity index (χ4n) is 3.60. The van der Waals surface area contributed by atoms with Gasteiger partial charge in [-0.3, -0.25) is 19.7 Å². The van der Waals surface area contributed by atoms with Crippen molar-refractivity contribution in [2.45, 2.75) is 12.8 Å². The van der Waals surface area contributed by atoms with Gasteiger partial charge in [-0.1, -0.05) is 12.1 Å². The summed E-state index contributed by atoms with van der Waals surface area (Å²) in [4.78, 5) is 37.1. The summed E-state index contributed by atoms with van der Waals surface area (Å²) < 4.78 is 10.6. The standard InChI is InChI=1S/C22H21N3O6/c26-21(7-4-15-2-1-3-18(12-15)25(28)29)24-10-8-16(9-11-24)22(27)23-17-5-6-19-20(13-17)31-14-30-19/h1-7,12-13,16H,8-11,14H2,(H,23,27). The van der Waals surface area contributed by atoms with Gasteiger partial charge in [-0.2, -0.15) is 0 Å². The Balaban J connectivity index is 1.29. The van der Waals surface area contributed by atoms with Gasteiger partial charge in [0, 0.05) is 49.0 Å². The lowest BCUT2D eigenvalue weighted by Gasteiger charge is -2.30. The Morgan fingerprint density at radius 2 is 1.87 bits per heavy atom. The zero-order valence-corrected chi connectivity index (χ0v) is 16.7. The van der Waals surface area contributed by atoms with Gasteiger partial charge in [-0.05, 0) is 36.6 Å². The molecule has 1 N–H and O–H groups in total. The van der Waals surface area contributed by atoms with Crippen LogP contribution in [0.4, 0.5) is 11.4 Å². The van der Waals surface area contributed by atoms with E-state index in [0.29, 0.717) is 48.7 Å². The molecule has 2 aliphatic heterocycles. The number of nitro groups is 1. The van der Waals surface area contributed by atoms with Crippen LogP contribution in [0.1, 0.15) is 18.4 Å². The zero-order chi connectivity index (χ0) is 21.8. The van der Waals surface area contributed by atoms with Gasteiger partial charge in [0.1, 0.15) is 0 Å². The molecule has 2 aromatic carbocycles. The van der Waals surface area contributed by atoms with E-state index >= 15 is 0 Å². The molecule has 0 saturated carbocycles. The van der Waals surface area contributed by atoms with Crippen LogP contribution in [0.3, 0.4) is 0 Å². The molecule has 0 spiro atoms. The quantitative estimate of drug-likeness (QED) is 0.449.